The van der Waals surface area contributed by atoms with Gasteiger partial charge in [-0.15, -0.1) is 12.6 Å². The van der Waals surface area contributed by atoms with Crippen LogP contribution in [0.1, 0.15) is 18.4 Å². The average Bonchev–Trinajstić information content (AvgIpc) is 2.16. The van der Waals surface area contributed by atoms with E-state index in [0.29, 0.717) is 5.56 Å². The first-order chi connectivity index (χ1) is 6.54. The number of para-hydroxylation sites is 1. The van der Waals surface area contributed by atoms with Gasteiger partial charge >= 0.3 is 0 Å². The lowest BCUT2D eigenvalue weighted by atomic mass is 10.0. The zero-order valence-corrected chi connectivity index (χ0v) is 8.40. The van der Waals surface area contributed by atoms with E-state index in [1.807, 2.05) is 0 Å². The molecule has 0 spiro atoms. The highest BCUT2D eigenvalue weighted by Crippen LogP contribution is 2.27. The smallest absolute Gasteiger partial charge is 0.273 e. The van der Waals surface area contributed by atoms with Crippen molar-refractivity contribution in [3.8, 4) is 0 Å². The molecule has 4 nitrogen and oxygen atoms in total. The van der Waals surface area contributed by atoms with Crippen LogP contribution in [0.15, 0.2) is 24.3 Å². The second kappa shape index (κ2) is 4.23. The summed E-state index contributed by atoms with van der Waals surface area (Å²) in [6, 6.07) is 6.17. The van der Waals surface area contributed by atoms with Crippen molar-refractivity contribution in [2.24, 2.45) is 0 Å². The Balaban J connectivity index is 3.19. The number of nitrogens with zero attached hydrogens (tertiary/aromatic N) is 1. The van der Waals surface area contributed by atoms with Gasteiger partial charge in [0.05, 0.1) is 10.8 Å². The Hall–Kier alpha value is -1.36. The van der Waals surface area contributed by atoms with Gasteiger partial charge in [-0.1, -0.05) is 25.1 Å². The summed E-state index contributed by atoms with van der Waals surface area (Å²) in [7, 11) is 0. The van der Waals surface area contributed by atoms with Crippen molar-refractivity contribution in [1.82, 2.24) is 0 Å². The number of nitro groups is 1. The fourth-order valence-corrected chi connectivity index (χ4v) is 1.29. The predicted octanol–water partition coefficient (Wildman–Crippen LogP) is 2.15. The molecular weight excluding hydrogens is 202 g/mol. The van der Waals surface area contributed by atoms with E-state index in [0.717, 1.165) is 0 Å². The van der Waals surface area contributed by atoms with Crippen LogP contribution in [0.2, 0.25) is 0 Å². The normalized spacial score (nSPS) is 12.1. The lowest BCUT2D eigenvalue weighted by Crippen LogP contribution is -2.05. The minimum absolute atomic E-state index is 0.0394. The Labute approximate surface area is 86.5 Å². The number of thiol groups is 1. The van der Waals surface area contributed by atoms with E-state index in [2.05, 4.69) is 12.6 Å². The molecule has 0 aliphatic heterocycles. The van der Waals surface area contributed by atoms with E-state index in [9.17, 15) is 14.9 Å². The highest BCUT2D eigenvalue weighted by Gasteiger charge is 2.21. The van der Waals surface area contributed by atoms with E-state index in [1.165, 1.54) is 6.07 Å². The predicted molar refractivity (Wildman–Crippen MR) is 55.5 cm³/mol. The van der Waals surface area contributed by atoms with Crippen LogP contribution >= 0.6 is 12.6 Å². The summed E-state index contributed by atoms with van der Waals surface area (Å²) in [5, 5.41) is 10.2. The third-order valence-corrected chi connectivity index (χ3v) is 2.36. The summed E-state index contributed by atoms with van der Waals surface area (Å²) >= 11 is 3.66. The number of rotatable bonds is 3. The Kier molecular flexibility index (Phi) is 3.24. The quantitative estimate of drug-likeness (QED) is 0.473. The SMILES string of the molecule is CC(C(=O)S)c1ccccc1[N+](=O)[O-]. The van der Waals surface area contributed by atoms with Crippen LogP contribution in [-0.2, 0) is 4.79 Å². The molecule has 0 heterocycles. The molecule has 74 valence electrons. The number of hydrogen-bond acceptors (Lipinski definition) is 3. The molecular formula is C9H9NO3S. The first kappa shape index (κ1) is 10.7. The van der Waals surface area contributed by atoms with Gasteiger partial charge in [0.25, 0.3) is 5.69 Å². The number of carbonyl (C=O) groups is 1. The molecule has 5 heteroatoms. The molecule has 1 rings (SSSR count). The zero-order chi connectivity index (χ0) is 10.7. The largest absolute Gasteiger partial charge is 0.287 e. The third kappa shape index (κ3) is 2.11. The van der Waals surface area contributed by atoms with Gasteiger partial charge in [0.1, 0.15) is 0 Å². The lowest BCUT2D eigenvalue weighted by Gasteiger charge is -2.06. The molecule has 0 fully saturated rings. The average molecular weight is 211 g/mol. The molecule has 0 radical (unpaired) electrons. The fraction of sp³-hybridized carbons (Fsp3) is 0.222. The van der Waals surface area contributed by atoms with E-state index >= 15 is 0 Å². The molecule has 1 unspecified atom stereocenters. The zero-order valence-electron chi connectivity index (χ0n) is 7.51. The minimum Gasteiger partial charge on any atom is -0.287 e. The number of carbonyl (C=O) groups excluding carboxylic acids is 1. The van der Waals surface area contributed by atoms with Crippen LogP contribution in [0.5, 0.6) is 0 Å². The van der Waals surface area contributed by atoms with Crippen molar-refractivity contribution in [1.29, 1.82) is 0 Å². The van der Waals surface area contributed by atoms with E-state index in [-0.39, 0.29) is 10.8 Å². The van der Waals surface area contributed by atoms with Gasteiger partial charge in [-0.25, -0.2) is 0 Å². The van der Waals surface area contributed by atoms with Crippen LogP contribution < -0.4 is 0 Å². The minimum atomic E-state index is -0.556. The summed E-state index contributed by atoms with van der Waals surface area (Å²) in [4.78, 5) is 21.1. The van der Waals surface area contributed by atoms with Crippen LogP contribution in [-0.4, -0.2) is 10.0 Å². The lowest BCUT2D eigenvalue weighted by molar-refractivity contribution is -0.385. The Morgan fingerprint density at radius 3 is 2.57 bits per heavy atom. The Bertz CT molecular complexity index is 378. The van der Waals surface area contributed by atoms with E-state index in [4.69, 9.17) is 0 Å². The van der Waals surface area contributed by atoms with E-state index < -0.39 is 10.8 Å². The maximum absolute atomic E-state index is 11.0. The topological polar surface area (TPSA) is 60.2 Å². The summed E-state index contributed by atoms with van der Waals surface area (Å²) in [6.07, 6.45) is 0. The molecule has 1 atom stereocenters. The molecule has 14 heavy (non-hydrogen) atoms. The van der Waals surface area contributed by atoms with Crippen LogP contribution in [0.25, 0.3) is 0 Å². The maximum atomic E-state index is 11.0. The van der Waals surface area contributed by atoms with Crippen molar-refractivity contribution in [2.45, 2.75) is 12.8 Å². The molecule has 0 amide bonds. The maximum Gasteiger partial charge on any atom is 0.273 e. The molecule has 0 aliphatic rings. The monoisotopic (exact) mass is 211 g/mol. The van der Waals surface area contributed by atoms with Crippen molar-refractivity contribution in [2.75, 3.05) is 0 Å². The summed E-state index contributed by atoms with van der Waals surface area (Å²) in [5.74, 6) is -0.556. The second-order valence-electron chi connectivity index (χ2n) is 2.88. The number of hydrogen-bond donors (Lipinski definition) is 1. The van der Waals surface area contributed by atoms with Crippen LogP contribution in [0, 0.1) is 10.1 Å². The van der Waals surface area contributed by atoms with Crippen LogP contribution in [0.4, 0.5) is 5.69 Å². The van der Waals surface area contributed by atoms with Gasteiger partial charge in [-0.3, -0.25) is 14.9 Å². The Morgan fingerprint density at radius 2 is 2.07 bits per heavy atom. The molecule has 0 bridgehead atoms. The third-order valence-electron chi connectivity index (χ3n) is 1.97. The van der Waals surface area contributed by atoms with Gasteiger partial charge in [-0.05, 0) is 0 Å². The molecule has 0 aromatic heterocycles. The first-order valence-electron chi connectivity index (χ1n) is 4.00. The highest BCUT2D eigenvalue weighted by atomic mass is 32.1. The molecule has 0 saturated carbocycles. The summed E-state index contributed by atoms with van der Waals surface area (Å²) in [6.45, 7) is 1.59. The fourth-order valence-electron chi connectivity index (χ4n) is 1.15. The van der Waals surface area contributed by atoms with Gasteiger partial charge in [0.15, 0.2) is 5.12 Å². The van der Waals surface area contributed by atoms with Gasteiger partial charge < -0.3 is 0 Å². The molecule has 0 aliphatic carbocycles. The number of benzene rings is 1. The second-order valence-corrected chi connectivity index (χ2v) is 3.32. The summed E-state index contributed by atoms with van der Waals surface area (Å²) < 4.78 is 0. The molecule has 1 aromatic carbocycles. The Morgan fingerprint density at radius 1 is 1.50 bits per heavy atom. The first-order valence-corrected chi connectivity index (χ1v) is 4.45. The highest BCUT2D eigenvalue weighted by molar-refractivity contribution is 7.96. The van der Waals surface area contributed by atoms with Crippen molar-refractivity contribution >= 4 is 23.4 Å². The van der Waals surface area contributed by atoms with Crippen molar-refractivity contribution in [3.63, 3.8) is 0 Å². The van der Waals surface area contributed by atoms with Gasteiger partial charge in [0, 0.05) is 11.6 Å². The molecule has 0 N–H and O–H groups in total. The molecule has 0 saturated heterocycles. The number of nitro benzene ring substituents is 1. The summed E-state index contributed by atoms with van der Waals surface area (Å²) in [5.41, 5.74) is 0.361. The van der Waals surface area contributed by atoms with E-state index in [1.54, 1.807) is 25.1 Å². The van der Waals surface area contributed by atoms with Gasteiger partial charge in [0.2, 0.25) is 0 Å². The van der Waals surface area contributed by atoms with Crippen molar-refractivity contribution in [3.05, 3.63) is 39.9 Å². The standard InChI is InChI=1S/C9H9NO3S/c1-6(9(11)14)7-4-2-3-5-8(7)10(12)13/h2-6H,1H3,(H,11,14). The van der Waals surface area contributed by atoms with Crippen LogP contribution in [0.3, 0.4) is 0 Å². The van der Waals surface area contributed by atoms with Gasteiger partial charge in [-0.2, -0.15) is 0 Å². The van der Waals surface area contributed by atoms with Crippen molar-refractivity contribution < 1.29 is 9.72 Å². The molecule has 1 aromatic rings.